The van der Waals surface area contributed by atoms with E-state index in [9.17, 15) is 4.79 Å². The average Bonchev–Trinajstić information content (AvgIpc) is 2.30. The summed E-state index contributed by atoms with van der Waals surface area (Å²) >= 11 is 0. The van der Waals surface area contributed by atoms with Gasteiger partial charge < -0.3 is 5.11 Å². The molecule has 0 aliphatic rings. The van der Waals surface area contributed by atoms with Crippen molar-refractivity contribution in [3.8, 4) is 5.75 Å². The predicted molar refractivity (Wildman–Crippen MR) is 37.5 cm³/mol. The second-order valence-electron chi connectivity index (χ2n) is 2.10. The van der Waals surface area contributed by atoms with Crippen LogP contribution in [0.2, 0.25) is 0 Å². The molecule has 0 radical (unpaired) electrons. The van der Waals surface area contributed by atoms with Crippen LogP contribution in [0.25, 0.3) is 5.65 Å². The smallest absolute Gasteiger partial charge is 0.309 e. The van der Waals surface area contributed by atoms with E-state index in [0.717, 1.165) is 0 Å². The Labute approximate surface area is 60.9 Å². The highest BCUT2D eigenvalue weighted by molar-refractivity contribution is 5.50. The van der Waals surface area contributed by atoms with Gasteiger partial charge in [-0.05, 0) is 6.07 Å². The van der Waals surface area contributed by atoms with E-state index >= 15 is 0 Å². The van der Waals surface area contributed by atoms with Crippen molar-refractivity contribution in [1.29, 1.82) is 0 Å². The highest BCUT2D eigenvalue weighted by Gasteiger charge is 2.05. The van der Waals surface area contributed by atoms with Gasteiger partial charge in [-0.25, -0.2) is 9.50 Å². The Morgan fingerprint density at radius 1 is 1.64 bits per heavy atom. The lowest BCUT2D eigenvalue weighted by Gasteiger charge is -1.88. The lowest BCUT2D eigenvalue weighted by atomic mass is 10.6. The first kappa shape index (κ1) is 5.96. The molecule has 0 saturated carbocycles. The predicted octanol–water partition coefficient (Wildman–Crippen LogP) is -0.272. The van der Waals surface area contributed by atoms with Crippen molar-refractivity contribution in [2.75, 3.05) is 0 Å². The Morgan fingerprint density at radius 2 is 2.45 bits per heavy atom. The summed E-state index contributed by atoms with van der Waals surface area (Å²) in [6.07, 6.45) is 3.10. The van der Waals surface area contributed by atoms with Gasteiger partial charge in [0.05, 0.1) is 0 Å². The minimum atomic E-state index is -0.524. The summed E-state index contributed by atoms with van der Waals surface area (Å²) < 4.78 is 1.36. The van der Waals surface area contributed by atoms with Crippen LogP contribution in [-0.2, 0) is 0 Å². The fourth-order valence-corrected chi connectivity index (χ4v) is 0.900. The number of H-pyrrole nitrogens is 1. The van der Waals surface area contributed by atoms with Gasteiger partial charge in [-0.3, -0.25) is 9.89 Å². The number of rotatable bonds is 0. The van der Waals surface area contributed by atoms with Crippen LogP contribution in [0.5, 0.6) is 5.75 Å². The third-order valence-corrected chi connectivity index (χ3v) is 1.40. The summed E-state index contributed by atoms with van der Waals surface area (Å²) in [5.74, 6) is -0.342. The summed E-state index contributed by atoms with van der Waals surface area (Å²) in [6, 6.07) is 1.66. The minimum Gasteiger partial charge on any atom is -0.500 e. The molecule has 0 fully saturated rings. The van der Waals surface area contributed by atoms with Gasteiger partial charge in [0.2, 0.25) is 5.75 Å². The number of fused-ring (bicyclic) bond motifs is 1. The van der Waals surface area contributed by atoms with Crippen LogP contribution in [0.4, 0.5) is 0 Å². The number of hydrogen-bond acceptors (Lipinski definition) is 3. The molecule has 2 heterocycles. The number of aromatic amines is 1. The van der Waals surface area contributed by atoms with Gasteiger partial charge in [-0.2, -0.15) is 0 Å². The Hall–Kier alpha value is -1.78. The van der Waals surface area contributed by atoms with Crippen LogP contribution >= 0.6 is 0 Å². The number of hydrogen-bond donors (Lipinski definition) is 2. The van der Waals surface area contributed by atoms with Crippen molar-refractivity contribution in [2.24, 2.45) is 0 Å². The molecule has 0 aliphatic heterocycles. The van der Waals surface area contributed by atoms with Crippen LogP contribution in [0, 0.1) is 0 Å². The zero-order chi connectivity index (χ0) is 7.84. The third kappa shape index (κ3) is 0.706. The number of aromatic hydroxyl groups is 1. The normalized spacial score (nSPS) is 10.5. The molecule has 2 aromatic heterocycles. The highest BCUT2D eigenvalue weighted by Crippen LogP contribution is 2.06. The summed E-state index contributed by atoms with van der Waals surface area (Å²) in [4.78, 5) is 14.6. The lowest BCUT2D eigenvalue weighted by Crippen LogP contribution is -1.98. The zero-order valence-electron chi connectivity index (χ0n) is 5.48. The molecule has 2 aromatic rings. The first-order chi connectivity index (χ1) is 5.29. The number of nitrogens with zero attached hydrogens (tertiary/aromatic N) is 2. The van der Waals surface area contributed by atoms with Gasteiger partial charge in [-0.1, -0.05) is 0 Å². The molecule has 5 nitrogen and oxygen atoms in total. The molecule has 0 atom stereocenters. The van der Waals surface area contributed by atoms with E-state index < -0.39 is 5.56 Å². The largest absolute Gasteiger partial charge is 0.500 e. The maximum atomic E-state index is 10.8. The molecule has 0 unspecified atom stereocenters. The van der Waals surface area contributed by atoms with Gasteiger partial charge in [0.15, 0.2) is 5.65 Å². The van der Waals surface area contributed by atoms with Crippen molar-refractivity contribution in [3.63, 3.8) is 0 Å². The SMILES string of the molecule is O=c1[nH]n2cccnc2c1O. The lowest BCUT2D eigenvalue weighted by molar-refractivity contribution is 0.475. The van der Waals surface area contributed by atoms with Crippen molar-refractivity contribution < 1.29 is 5.11 Å². The van der Waals surface area contributed by atoms with Crippen LogP contribution in [0.1, 0.15) is 0 Å². The molecule has 0 aliphatic carbocycles. The molecular weight excluding hydrogens is 146 g/mol. The second kappa shape index (κ2) is 1.85. The third-order valence-electron chi connectivity index (χ3n) is 1.40. The molecule has 0 spiro atoms. The summed E-state index contributed by atoms with van der Waals surface area (Å²) in [5.41, 5.74) is -0.277. The van der Waals surface area contributed by atoms with E-state index in [1.165, 1.54) is 10.7 Å². The molecule has 2 rings (SSSR count). The summed E-state index contributed by atoms with van der Waals surface area (Å²) in [5, 5.41) is 11.4. The second-order valence-corrected chi connectivity index (χ2v) is 2.10. The quantitative estimate of drug-likeness (QED) is 0.544. The van der Waals surface area contributed by atoms with Gasteiger partial charge in [0.1, 0.15) is 0 Å². The summed E-state index contributed by atoms with van der Waals surface area (Å²) in [7, 11) is 0. The maximum absolute atomic E-state index is 10.8. The van der Waals surface area contributed by atoms with Crippen LogP contribution in [0.15, 0.2) is 23.3 Å². The van der Waals surface area contributed by atoms with Crippen LogP contribution in [-0.4, -0.2) is 19.7 Å². The molecule has 0 bridgehead atoms. The minimum absolute atomic E-state index is 0.248. The molecule has 11 heavy (non-hydrogen) atoms. The Kier molecular flexibility index (Phi) is 1.00. The van der Waals surface area contributed by atoms with Crippen LogP contribution < -0.4 is 5.56 Å². The molecule has 0 amide bonds. The van der Waals surface area contributed by atoms with Gasteiger partial charge >= 0.3 is 5.56 Å². The van der Waals surface area contributed by atoms with Crippen molar-refractivity contribution >= 4 is 5.65 Å². The van der Waals surface area contributed by atoms with E-state index in [1.807, 2.05) is 0 Å². The first-order valence-electron chi connectivity index (χ1n) is 3.03. The molecule has 56 valence electrons. The molecule has 2 N–H and O–H groups in total. The van der Waals surface area contributed by atoms with Crippen molar-refractivity contribution in [3.05, 3.63) is 28.8 Å². The Bertz CT molecular complexity index is 442. The number of aromatic nitrogens is 3. The fourth-order valence-electron chi connectivity index (χ4n) is 0.900. The summed E-state index contributed by atoms with van der Waals surface area (Å²) in [6.45, 7) is 0. The molecule has 5 heteroatoms. The fraction of sp³-hybridized carbons (Fsp3) is 0. The van der Waals surface area contributed by atoms with Gasteiger partial charge in [0, 0.05) is 12.4 Å². The monoisotopic (exact) mass is 151 g/mol. The van der Waals surface area contributed by atoms with Crippen LogP contribution in [0.3, 0.4) is 0 Å². The van der Waals surface area contributed by atoms with Gasteiger partial charge in [0.25, 0.3) is 0 Å². The average molecular weight is 151 g/mol. The van der Waals surface area contributed by atoms with E-state index in [1.54, 1.807) is 12.3 Å². The maximum Gasteiger partial charge on any atom is 0.309 e. The van der Waals surface area contributed by atoms with Gasteiger partial charge in [-0.15, -0.1) is 0 Å². The van der Waals surface area contributed by atoms with Crippen molar-refractivity contribution in [2.45, 2.75) is 0 Å². The standard InChI is InChI=1S/C6H5N3O2/c10-4-5-7-2-1-3-9(5)8-6(4)11/h1-3,10H,(H,8,11). The van der Waals surface area contributed by atoms with E-state index in [2.05, 4.69) is 10.1 Å². The molecule has 0 saturated heterocycles. The Balaban J connectivity index is 3.04. The molecular formula is C6H5N3O2. The van der Waals surface area contributed by atoms with E-state index in [0.29, 0.717) is 0 Å². The highest BCUT2D eigenvalue weighted by atomic mass is 16.3. The first-order valence-corrected chi connectivity index (χ1v) is 3.03. The topological polar surface area (TPSA) is 70.4 Å². The van der Waals surface area contributed by atoms with E-state index in [4.69, 9.17) is 5.11 Å². The zero-order valence-corrected chi connectivity index (χ0v) is 5.48. The van der Waals surface area contributed by atoms with E-state index in [-0.39, 0.29) is 11.4 Å². The number of nitrogens with one attached hydrogen (secondary N) is 1. The van der Waals surface area contributed by atoms with Crippen molar-refractivity contribution in [1.82, 2.24) is 14.6 Å². The Morgan fingerprint density at radius 3 is 3.18 bits per heavy atom. The molecule has 0 aromatic carbocycles.